The lowest BCUT2D eigenvalue weighted by atomic mass is 9.99. The number of carbonyl (C=O) groups excluding carboxylic acids is 1. The van der Waals surface area contributed by atoms with Crippen molar-refractivity contribution in [2.45, 2.75) is 37.8 Å². The van der Waals surface area contributed by atoms with Crippen LogP contribution in [0.1, 0.15) is 25.7 Å². The van der Waals surface area contributed by atoms with Crippen molar-refractivity contribution in [1.29, 1.82) is 0 Å². The minimum atomic E-state index is -1.09. The van der Waals surface area contributed by atoms with Crippen molar-refractivity contribution in [2.75, 3.05) is 13.1 Å². The Hall–Kier alpha value is -1.36. The molecule has 0 aromatic carbocycles. The summed E-state index contributed by atoms with van der Waals surface area (Å²) >= 11 is 0. The fourth-order valence-electron chi connectivity index (χ4n) is 2.79. The zero-order chi connectivity index (χ0) is 12.3. The van der Waals surface area contributed by atoms with Gasteiger partial charge < -0.3 is 10.4 Å². The van der Waals surface area contributed by atoms with Gasteiger partial charge in [-0.2, -0.15) is 0 Å². The van der Waals surface area contributed by atoms with Gasteiger partial charge in [-0.05, 0) is 25.8 Å². The van der Waals surface area contributed by atoms with Crippen LogP contribution >= 0.6 is 0 Å². The fourth-order valence-corrected chi connectivity index (χ4v) is 2.79. The molecule has 2 saturated heterocycles. The molecule has 2 aliphatic rings. The van der Waals surface area contributed by atoms with Gasteiger partial charge in [0.05, 0.1) is 0 Å². The zero-order valence-corrected chi connectivity index (χ0v) is 9.76. The number of rotatable bonds is 3. The first kappa shape index (κ1) is 12.1. The number of nitrogens with one attached hydrogen (secondary N) is 1. The van der Waals surface area contributed by atoms with Crippen molar-refractivity contribution in [3.8, 4) is 0 Å². The molecule has 5 heteroatoms. The van der Waals surface area contributed by atoms with E-state index >= 15 is 0 Å². The Morgan fingerprint density at radius 1 is 1.18 bits per heavy atom. The molecular formula is C12H18N2O3. The van der Waals surface area contributed by atoms with Gasteiger partial charge in [0.2, 0.25) is 5.91 Å². The quantitative estimate of drug-likeness (QED) is 0.697. The molecule has 2 fully saturated rings. The molecular weight excluding hydrogens is 220 g/mol. The number of carbonyl (C=O) groups is 2. The van der Waals surface area contributed by atoms with Crippen molar-refractivity contribution in [3.05, 3.63) is 12.2 Å². The van der Waals surface area contributed by atoms with E-state index in [2.05, 4.69) is 10.2 Å². The van der Waals surface area contributed by atoms with Gasteiger partial charge >= 0.3 is 5.97 Å². The van der Waals surface area contributed by atoms with Gasteiger partial charge in [0, 0.05) is 30.8 Å². The number of fused-ring (bicyclic) bond motifs is 1. The molecule has 5 nitrogen and oxygen atoms in total. The van der Waals surface area contributed by atoms with E-state index in [1.54, 1.807) is 0 Å². The zero-order valence-electron chi connectivity index (χ0n) is 9.76. The SMILES string of the molecule is O=C(O)/C=C/C(=O)NC1CCN2CCCCC12. The van der Waals surface area contributed by atoms with Crippen LogP contribution in [0.3, 0.4) is 0 Å². The minimum absolute atomic E-state index is 0.182. The number of nitrogens with zero attached hydrogens (tertiary/aromatic N) is 1. The Morgan fingerprint density at radius 3 is 2.76 bits per heavy atom. The highest BCUT2D eigenvalue weighted by Gasteiger charge is 2.35. The molecule has 0 bridgehead atoms. The second-order valence-electron chi connectivity index (χ2n) is 4.67. The van der Waals surface area contributed by atoms with E-state index in [0.717, 1.165) is 38.1 Å². The number of amides is 1. The standard InChI is InChI=1S/C12H18N2O3/c15-11(4-5-12(16)17)13-9-6-8-14-7-2-1-3-10(9)14/h4-5,9-10H,1-3,6-8H2,(H,13,15)(H,16,17)/b5-4+. The van der Waals surface area contributed by atoms with Crippen LogP contribution in [-0.4, -0.2) is 47.1 Å². The summed E-state index contributed by atoms with van der Waals surface area (Å²) in [6, 6.07) is 0.632. The first-order valence-corrected chi connectivity index (χ1v) is 6.12. The van der Waals surface area contributed by atoms with E-state index in [1.807, 2.05) is 0 Å². The fraction of sp³-hybridized carbons (Fsp3) is 0.667. The number of carboxylic acids is 1. The average molecular weight is 238 g/mol. The molecule has 2 atom stereocenters. The third kappa shape index (κ3) is 3.06. The van der Waals surface area contributed by atoms with Gasteiger partial charge in [-0.15, -0.1) is 0 Å². The molecule has 0 aromatic heterocycles. The molecule has 0 aliphatic carbocycles. The highest BCUT2D eigenvalue weighted by atomic mass is 16.4. The van der Waals surface area contributed by atoms with E-state index in [-0.39, 0.29) is 11.9 Å². The summed E-state index contributed by atoms with van der Waals surface area (Å²) in [4.78, 5) is 24.2. The first-order valence-electron chi connectivity index (χ1n) is 6.12. The molecule has 0 spiro atoms. The molecule has 17 heavy (non-hydrogen) atoms. The van der Waals surface area contributed by atoms with E-state index in [0.29, 0.717) is 6.04 Å². The van der Waals surface area contributed by atoms with Crippen LogP contribution in [0.4, 0.5) is 0 Å². The van der Waals surface area contributed by atoms with E-state index < -0.39 is 5.97 Å². The van der Waals surface area contributed by atoms with Gasteiger partial charge in [-0.1, -0.05) is 6.42 Å². The van der Waals surface area contributed by atoms with Gasteiger partial charge in [-0.3, -0.25) is 9.69 Å². The van der Waals surface area contributed by atoms with Gasteiger partial charge in [0.25, 0.3) is 0 Å². The Bertz CT molecular complexity index is 341. The molecule has 2 rings (SSSR count). The van der Waals surface area contributed by atoms with Crippen molar-refractivity contribution in [1.82, 2.24) is 10.2 Å². The van der Waals surface area contributed by atoms with Crippen LogP contribution in [-0.2, 0) is 9.59 Å². The lowest BCUT2D eigenvalue weighted by Gasteiger charge is -2.32. The van der Waals surface area contributed by atoms with E-state index in [1.165, 1.54) is 12.8 Å². The number of piperidine rings is 1. The summed E-state index contributed by atoms with van der Waals surface area (Å²) in [5.74, 6) is -1.39. The van der Waals surface area contributed by atoms with E-state index in [9.17, 15) is 9.59 Å². The summed E-state index contributed by atoms with van der Waals surface area (Å²) in [5.41, 5.74) is 0. The Labute approximate surface area is 100 Å². The predicted molar refractivity (Wildman–Crippen MR) is 62.5 cm³/mol. The van der Waals surface area contributed by atoms with Crippen molar-refractivity contribution in [3.63, 3.8) is 0 Å². The molecule has 0 aromatic rings. The molecule has 2 unspecified atom stereocenters. The highest BCUT2D eigenvalue weighted by Crippen LogP contribution is 2.26. The Kier molecular flexibility index (Phi) is 3.78. The normalized spacial score (nSPS) is 29.2. The number of hydrogen-bond acceptors (Lipinski definition) is 3. The summed E-state index contributed by atoms with van der Waals surface area (Å²) in [6.45, 7) is 2.17. The van der Waals surface area contributed by atoms with Gasteiger partial charge in [0.15, 0.2) is 0 Å². The van der Waals surface area contributed by atoms with E-state index in [4.69, 9.17) is 5.11 Å². The third-order valence-electron chi connectivity index (χ3n) is 3.56. The number of aliphatic carboxylic acids is 1. The molecule has 94 valence electrons. The second kappa shape index (κ2) is 5.31. The van der Waals surface area contributed by atoms with Crippen LogP contribution in [0.2, 0.25) is 0 Å². The Balaban J connectivity index is 1.87. The summed E-state index contributed by atoms with van der Waals surface area (Å²) in [7, 11) is 0. The maximum absolute atomic E-state index is 11.5. The van der Waals surface area contributed by atoms with Crippen LogP contribution in [0.25, 0.3) is 0 Å². The first-order chi connectivity index (χ1) is 8.16. The van der Waals surface area contributed by atoms with Crippen LogP contribution < -0.4 is 5.32 Å². The number of carboxylic acid groups (broad SMARTS) is 1. The minimum Gasteiger partial charge on any atom is -0.478 e. The smallest absolute Gasteiger partial charge is 0.328 e. The maximum atomic E-state index is 11.5. The highest BCUT2D eigenvalue weighted by molar-refractivity contribution is 5.94. The largest absolute Gasteiger partial charge is 0.478 e. The molecule has 1 amide bonds. The van der Waals surface area contributed by atoms with Crippen molar-refractivity contribution < 1.29 is 14.7 Å². The monoisotopic (exact) mass is 238 g/mol. The Morgan fingerprint density at radius 2 is 2.00 bits per heavy atom. The number of hydrogen-bond donors (Lipinski definition) is 2. The van der Waals surface area contributed by atoms with Gasteiger partial charge in [0.1, 0.15) is 0 Å². The van der Waals surface area contributed by atoms with Crippen molar-refractivity contribution in [2.24, 2.45) is 0 Å². The lowest BCUT2D eigenvalue weighted by molar-refractivity contribution is -0.131. The van der Waals surface area contributed by atoms with Gasteiger partial charge in [-0.25, -0.2) is 4.79 Å². The topological polar surface area (TPSA) is 69.6 Å². The molecule has 2 heterocycles. The average Bonchev–Trinajstić information content (AvgIpc) is 2.70. The molecule has 0 radical (unpaired) electrons. The van der Waals surface area contributed by atoms with Crippen LogP contribution in [0, 0.1) is 0 Å². The predicted octanol–water partition coefficient (Wildman–Crippen LogP) is 0.370. The summed E-state index contributed by atoms with van der Waals surface area (Å²) in [5, 5.41) is 11.3. The van der Waals surface area contributed by atoms with Crippen molar-refractivity contribution >= 4 is 11.9 Å². The maximum Gasteiger partial charge on any atom is 0.328 e. The van der Waals surface area contributed by atoms with Crippen LogP contribution in [0.5, 0.6) is 0 Å². The molecule has 2 N–H and O–H groups in total. The summed E-state index contributed by atoms with van der Waals surface area (Å²) < 4.78 is 0. The van der Waals surface area contributed by atoms with Crippen LogP contribution in [0.15, 0.2) is 12.2 Å². The second-order valence-corrected chi connectivity index (χ2v) is 4.67. The summed E-state index contributed by atoms with van der Waals surface area (Å²) in [6.07, 6.45) is 6.54. The molecule has 2 aliphatic heterocycles. The third-order valence-corrected chi connectivity index (χ3v) is 3.56. The lowest BCUT2D eigenvalue weighted by Crippen LogP contribution is -2.46. The molecule has 0 saturated carbocycles.